The molecule has 0 aromatic heterocycles. The van der Waals surface area contributed by atoms with E-state index in [2.05, 4.69) is 15.9 Å². The molecule has 4 heteroatoms. The smallest absolute Gasteiger partial charge is 0.169 e. The third-order valence-electron chi connectivity index (χ3n) is 3.96. The molecule has 1 aliphatic carbocycles. The average molecular weight is 343 g/mol. The summed E-state index contributed by atoms with van der Waals surface area (Å²) in [6, 6.07) is 4.46. The van der Waals surface area contributed by atoms with Gasteiger partial charge in [0.25, 0.3) is 0 Å². The van der Waals surface area contributed by atoms with Crippen LogP contribution in [-0.4, -0.2) is 18.0 Å². The number of benzene rings is 1. The van der Waals surface area contributed by atoms with Gasteiger partial charge in [0.05, 0.1) is 0 Å². The number of Topliss-reactive ketones (excluding diaryl/α,β-unsaturated/α-hetero) is 1. The minimum absolute atomic E-state index is 0.117. The molecule has 1 fully saturated rings. The van der Waals surface area contributed by atoms with E-state index in [1.807, 2.05) is 6.92 Å². The highest BCUT2D eigenvalue weighted by Gasteiger charge is 2.39. The zero-order valence-corrected chi connectivity index (χ0v) is 13.3. The summed E-state index contributed by atoms with van der Waals surface area (Å²) >= 11 is 3.32. The number of ketones is 1. The van der Waals surface area contributed by atoms with Crippen LogP contribution in [0.2, 0.25) is 0 Å². The van der Waals surface area contributed by atoms with Crippen molar-refractivity contribution in [2.75, 3.05) is 6.61 Å². The lowest BCUT2D eigenvalue weighted by Crippen LogP contribution is -2.44. The molecule has 2 rings (SSSR count). The monoisotopic (exact) mass is 342 g/mol. The van der Waals surface area contributed by atoms with Gasteiger partial charge in [-0.2, -0.15) is 0 Å². The fourth-order valence-electron chi connectivity index (χ4n) is 2.90. The van der Waals surface area contributed by atoms with Gasteiger partial charge < -0.3 is 4.74 Å². The summed E-state index contributed by atoms with van der Waals surface area (Å²) in [6.45, 7) is 2.48. The number of rotatable bonds is 5. The van der Waals surface area contributed by atoms with Gasteiger partial charge in [-0.25, -0.2) is 4.39 Å². The van der Waals surface area contributed by atoms with Crippen molar-refractivity contribution in [3.63, 3.8) is 0 Å². The molecule has 0 amide bonds. The summed E-state index contributed by atoms with van der Waals surface area (Å²) in [5.74, 6) is -0.184. The van der Waals surface area contributed by atoms with E-state index in [0.29, 0.717) is 17.5 Å². The Kier molecular flexibility index (Phi) is 5.33. The van der Waals surface area contributed by atoms with Crippen LogP contribution in [0.4, 0.5) is 4.39 Å². The van der Waals surface area contributed by atoms with Gasteiger partial charge in [-0.05, 0) is 37.5 Å². The van der Waals surface area contributed by atoms with Crippen LogP contribution in [0.3, 0.4) is 0 Å². The van der Waals surface area contributed by atoms with Crippen molar-refractivity contribution in [1.82, 2.24) is 0 Å². The maximum atomic E-state index is 13.1. The molecule has 20 heavy (non-hydrogen) atoms. The van der Waals surface area contributed by atoms with Crippen molar-refractivity contribution in [2.45, 2.75) is 51.0 Å². The summed E-state index contributed by atoms with van der Waals surface area (Å²) in [5, 5.41) is 0. The third-order valence-corrected chi connectivity index (χ3v) is 4.69. The molecule has 1 aromatic carbocycles. The standard InChI is InChI=1S/C16H20BrFO2/c1-2-20-16(8-4-3-5-9-16)15(19)10-12-6-7-13(18)11-14(12)17/h6-7,11H,2-5,8-10H2,1H3. The zero-order valence-electron chi connectivity index (χ0n) is 11.8. The Morgan fingerprint density at radius 2 is 2.05 bits per heavy atom. The molecule has 0 bridgehead atoms. The number of hydrogen-bond acceptors (Lipinski definition) is 2. The van der Waals surface area contributed by atoms with Gasteiger partial charge in [0.2, 0.25) is 0 Å². The predicted octanol–water partition coefficient (Wildman–Crippen LogP) is 4.44. The predicted molar refractivity (Wildman–Crippen MR) is 80.3 cm³/mol. The van der Waals surface area contributed by atoms with E-state index in [1.54, 1.807) is 6.07 Å². The third kappa shape index (κ3) is 3.47. The first-order valence-electron chi connectivity index (χ1n) is 7.18. The van der Waals surface area contributed by atoms with Crippen LogP contribution in [0.25, 0.3) is 0 Å². The van der Waals surface area contributed by atoms with Gasteiger partial charge in [-0.3, -0.25) is 4.79 Å². The second-order valence-corrected chi connectivity index (χ2v) is 6.18. The molecule has 0 saturated heterocycles. The molecular formula is C16H20BrFO2. The second kappa shape index (κ2) is 6.81. The van der Waals surface area contributed by atoms with Crippen molar-refractivity contribution in [2.24, 2.45) is 0 Å². The maximum Gasteiger partial charge on any atom is 0.169 e. The molecule has 0 aliphatic heterocycles. The van der Waals surface area contributed by atoms with Crippen LogP contribution in [0.1, 0.15) is 44.6 Å². The first kappa shape index (κ1) is 15.6. The number of hydrogen-bond donors (Lipinski definition) is 0. The molecule has 110 valence electrons. The molecule has 1 aliphatic rings. The number of carbonyl (C=O) groups excluding carboxylic acids is 1. The topological polar surface area (TPSA) is 26.3 Å². The highest BCUT2D eigenvalue weighted by Crippen LogP contribution is 2.34. The average Bonchev–Trinajstić information content (AvgIpc) is 2.43. The fraction of sp³-hybridized carbons (Fsp3) is 0.562. The van der Waals surface area contributed by atoms with Crippen LogP contribution in [0.15, 0.2) is 22.7 Å². The van der Waals surface area contributed by atoms with Crippen LogP contribution >= 0.6 is 15.9 Å². The van der Waals surface area contributed by atoms with Crippen molar-refractivity contribution < 1.29 is 13.9 Å². The molecule has 0 unspecified atom stereocenters. The van der Waals surface area contributed by atoms with E-state index in [-0.39, 0.29) is 11.6 Å². The van der Waals surface area contributed by atoms with E-state index >= 15 is 0 Å². The highest BCUT2D eigenvalue weighted by atomic mass is 79.9. The Bertz CT molecular complexity index is 476. The first-order valence-corrected chi connectivity index (χ1v) is 7.98. The molecular weight excluding hydrogens is 323 g/mol. The van der Waals surface area contributed by atoms with Gasteiger partial charge in [0.1, 0.15) is 11.4 Å². The van der Waals surface area contributed by atoms with Gasteiger partial charge >= 0.3 is 0 Å². The Morgan fingerprint density at radius 1 is 1.35 bits per heavy atom. The van der Waals surface area contributed by atoms with E-state index in [9.17, 15) is 9.18 Å². The first-order chi connectivity index (χ1) is 9.57. The second-order valence-electron chi connectivity index (χ2n) is 5.32. The number of ether oxygens (including phenoxy) is 1. The molecule has 0 heterocycles. The minimum atomic E-state index is -0.624. The molecule has 2 nitrogen and oxygen atoms in total. The highest BCUT2D eigenvalue weighted by molar-refractivity contribution is 9.10. The maximum absolute atomic E-state index is 13.1. The molecule has 0 spiro atoms. The summed E-state index contributed by atoms with van der Waals surface area (Å²) in [5.41, 5.74) is 0.196. The fourth-order valence-corrected chi connectivity index (χ4v) is 3.39. The Morgan fingerprint density at radius 3 is 2.65 bits per heavy atom. The Hall–Kier alpha value is -0.740. The van der Waals surface area contributed by atoms with Gasteiger partial charge in [0.15, 0.2) is 5.78 Å². The summed E-state index contributed by atoms with van der Waals surface area (Å²) in [6.07, 6.45) is 5.15. The van der Waals surface area contributed by atoms with E-state index < -0.39 is 5.60 Å². The van der Waals surface area contributed by atoms with Gasteiger partial charge in [-0.15, -0.1) is 0 Å². The molecule has 0 radical (unpaired) electrons. The largest absolute Gasteiger partial charge is 0.367 e. The zero-order chi connectivity index (χ0) is 14.6. The quantitative estimate of drug-likeness (QED) is 0.790. The van der Waals surface area contributed by atoms with Crippen molar-refractivity contribution in [3.05, 3.63) is 34.1 Å². The lowest BCUT2D eigenvalue weighted by molar-refractivity contribution is -0.148. The van der Waals surface area contributed by atoms with Crippen molar-refractivity contribution in [3.8, 4) is 0 Å². The SMILES string of the molecule is CCOC1(C(=O)Cc2ccc(F)cc2Br)CCCCC1. The summed E-state index contributed by atoms with van der Waals surface area (Å²) in [7, 11) is 0. The number of carbonyl (C=O) groups is 1. The summed E-state index contributed by atoms with van der Waals surface area (Å²) in [4.78, 5) is 12.7. The van der Waals surface area contributed by atoms with E-state index in [1.165, 1.54) is 18.6 Å². The van der Waals surface area contributed by atoms with Crippen LogP contribution < -0.4 is 0 Å². The van der Waals surface area contributed by atoms with E-state index in [4.69, 9.17) is 4.74 Å². The minimum Gasteiger partial charge on any atom is -0.367 e. The van der Waals surface area contributed by atoms with Crippen LogP contribution in [0, 0.1) is 5.82 Å². The normalized spacial score (nSPS) is 17.9. The lowest BCUT2D eigenvalue weighted by atomic mass is 9.79. The van der Waals surface area contributed by atoms with Crippen LogP contribution in [0.5, 0.6) is 0 Å². The lowest BCUT2D eigenvalue weighted by Gasteiger charge is -2.35. The molecule has 0 N–H and O–H groups in total. The van der Waals surface area contributed by atoms with E-state index in [0.717, 1.165) is 31.2 Å². The molecule has 0 atom stereocenters. The number of halogens is 2. The Labute approximate surface area is 127 Å². The van der Waals surface area contributed by atoms with Gasteiger partial charge in [-0.1, -0.05) is 41.3 Å². The van der Waals surface area contributed by atoms with Crippen molar-refractivity contribution in [1.29, 1.82) is 0 Å². The molecule has 1 saturated carbocycles. The molecule has 1 aromatic rings. The van der Waals surface area contributed by atoms with Gasteiger partial charge in [0, 0.05) is 17.5 Å². The summed E-state index contributed by atoms with van der Waals surface area (Å²) < 4.78 is 19.6. The Balaban J connectivity index is 2.15. The van der Waals surface area contributed by atoms with Crippen LogP contribution in [-0.2, 0) is 16.0 Å². The van der Waals surface area contributed by atoms with Crippen molar-refractivity contribution >= 4 is 21.7 Å².